The Morgan fingerprint density at radius 2 is 0.804 bits per heavy atom. The van der Waals surface area contributed by atoms with E-state index in [9.17, 15) is 47.9 Å². The minimum absolute atomic E-state index is 0.0128. The summed E-state index contributed by atoms with van der Waals surface area (Å²) in [5, 5.41) is 32.8. The van der Waals surface area contributed by atoms with Gasteiger partial charge in [0.15, 0.2) is 17.5 Å². The molecule has 556 valence electrons. The summed E-state index contributed by atoms with van der Waals surface area (Å²) >= 11 is 0. The number of rotatable bonds is 32. The van der Waals surface area contributed by atoms with Gasteiger partial charge in [-0.2, -0.15) is 0 Å². The number of pyridine rings is 1. The third-order valence-electron chi connectivity index (χ3n) is 16.9. The molecule has 0 bridgehead atoms. The van der Waals surface area contributed by atoms with Gasteiger partial charge in [0.2, 0.25) is 23.5 Å². The summed E-state index contributed by atoms with van der Waals surface area (Å²) in [5.74, 6) is -5.17. The number of carbonyl (C=O) groups is 10. The van der Waals surface area contributed by atoms with Gasteiger partial charge in [0.1, 0.15) is 28.5 Å². The first-order chi connectivity index (χ1) is 51.3. The van der Waals surface area contributed by atoms with Crippen LogP contribution in [-0.2, 0) is 75.4 Å². The van der Waals surface area contributed by atoms with Crippen molar-refractivity contribution in [2.45, 2.75) is 18.9 Å². The Balaban J connectivity index is 0.560. The van der Waals surface area contributed by atoms with Crippen LogP contribution in [0.5, 0.6) is 0 Å². The number of anilines is 8. The average molecular weight is 1460 g/mol. The van der Waals surface area contributed by atoms with Crippen molar-refractivity contribution in [3.8, 4) is 0 Å². The molecule has 0 unspecified atom stereocenters. The van der Waals surface area contributed by atoms with Gasteiger partial charge in [-0.15, -0.1) is 0 Å². The van der Waals surface area contributed by atoms with Crippen molar-refractivity contribution in [3.05, 3.63) is 181 Å². The summed E-state index contributed by atoms with van der Waals surface area (Å²) in [6.07, 6.45) is 13.7. The smallest absolute Gasteiger partial charge is 0.292 e. The topological polar surface area (TPSA) is 439 Å². The molecular weight excluding hydrogens is 1380 g/mol. The van der Waals surface area contributed by atoms with Crippen molar-refractivity contribution in [1.29, 1.82) is 0 Å². The highest BCUT2D eigenvalue weighted by Crippen LogP contribution is 2.31. The van der Waals surface area contributed by atoms with Crippen LogP contribution in [0.15, 0.2) is 135 Å². The predicted molar refractivity (Wildman–Crippen MR) is 397 cm³/mol. The first-order valence-corrected chi connectivity index (χ1v) is 33.6. The van der Waals surface area contributed by atoms with Crippen molar-refractivity contribution in [2.75, 3.05) is 95.1 Å². The van der Waals surface area contributed by atoms with Crippen LogP contribution >= 0.6 is 0 Å². The van der Waals surface area contributed by atoms with Gasteiger partial charge < -0.3 is 110 Å². The Labute approximate surface area is 610 Å². The molecule has 0 saturated heterocycles. The monoisotopic (exact) mass is 1460 g/mol. The van der Waals surface area contributed by atoms with Crippen molar-refractivity contribution in [2.24, 2.45) is 62.1 Å². The number of carbonyl (C=O) groups excluding carboxylic acids is 10. The lowest BCUT2D eigenvalue weighted by molar-refractivity contribution is -0.121. The molecule has 107 heavy (non-hydrogen) atoms. The maximum absolute atomic E-state index is 13.6. The van der Waals surface area contributed by atoms with Gasteiger partial charge in [-0.3, -0.25) is 47.9 Å². The second-order valence-electron chi connectivity index (χ2n) is 25.0. The molecule has 0 fully saturated rings. The van der Waals surface area contributed by atoms with E-state index in [0.29, 0.717) is 37.7 Å². The predicted octanol–water partition coefficient (Wildman–Crippen LogP) is 4.26. The normalized spacial score (nSPS) is 11.4. The molecule has 0 aliphatic carbocycles. The molecule has 11 aromatic rings. The molecule has 9 aromatic heterocycles. The van der Waals surface area contributed by atoms with Gasteiger partial charge in [-0.25, -0.2) is 19.9 Å². The molecule has 36 heteroatoms. The van der Waals surface area contributed by atoms with E-state index < -0.39 is 59.2 Å². The summed E-state index contributed by atoms with van der Waals surface area (Å²) in [6.45, 7) is 2.40. The first kappa shape index (κ1) is 74.7. The molecule has 1 atom stereocenters. The minimum Gasteiger partial charge on any atom is -0.382 e. The van der Waals surface area contributed by atoms with Crippen LogP contribution in [0, 0.1) is 0 Å². The number of fused-ring (bicyclic) bond motifs is 2. The van der Waals surface area contributed by atoms with Gasteiger partial charge >= 0.3 is 0 Å². The fourth-order valence-corrected chi connectivity index (χ4v) is 11.6. The van der Waals surface area contributed by atoms with E-state index >= 15 is 0 Å². The number of hydrogen-bond donors (Lipinski definition) is 12. The number of ether oxygens (including phenoxy) is 2. The summed E-state index contributed by atoms with van der Waals surface area (Å²) in [5.41, 5.74) is 11.4. The van der Waals surface area contributed by atoms with E-state index in [1.165, 1.54) is 104 Å². The number of para-hydroxylation sites is 2. The SMILES string of the molecule is Cn1cc(NC(=O)c2cc(NC(=O)c3cc(NC(=O)c4cc(NC(=O)[C@H](N)CCNC(=O)c5cc(NC(=O)c6nc(NC(=O)c7nc(NC(=O)c8nccn8C)cn7C)cn6C)cn5C)cn4C)cn3C)cn2C)cc1C(=O)NCCC(=O)NCCOCCOCCNc1c2ccccc2nc2ccccc12. The van der Waals surface area contributed by atoms with Crippen LogP contribution in [0.3, 0.4) is 0 Å². The van der Waals surface area contributed by atoms with Crippen LogP contribution in [-0.4, -0.2) is 174 Å². The molecule has 0 radical (unpaired) electrons. The maximum Gasteiger partial charge on any atom is 0.292 e. The molecular formula is C71H80N24O12. The van der Waals surface area contributed by atoms with E-state index in [0.717, 1.165) is 27.5 Å². The molecule has 13 N–H and O–H groups in total. The molecule has 36 nitrogen and oxygen atoms in total. The van der Waals surface area contributed by atoms with E-state index in [1.54, 1.807) is 75.0 Å². The largest absolute Gasteiger partial charge is 0.382 e. The van der Waals surface area contributed by atoms with Gasteiger partial charge in [0.25, 0.3) is 47.3 Å². The highest BCUT2D eigenvalue weighted by Gasteiger charge is 2.26. The van der Waals surface area contributed by atoms with Crippen LogP contribution in [0.25, 0.3) is 21.8 Å². The van der Waals surface area contributed by atoms with Gasteiger partial charge in [0, 0.05) is 156 Å². The van der Waals surface area contributed by atoms with Crippen LogP contribution < -0.4 is 64.2 Å². The molecule has 10 amide bonds. The van der Waals surface area contributed by atoms with E-state index in [1.807, 2.05) is 48.5 Å². The number of benzene rings is 2. The number of aryl methyl sites for hydroxylation is 8. The third kappa shape index (κ3) is 18.3. The first-order valence-electron chi connectivity index (χ1n) is 33.6. The van der Waals surface area contributed by atoms with E-state index in [-0.39, 0.29) is 120 Å². The van der Waals surface area contributed by atoms with Crippen molar-refractivity contribution in [3.63, 3.8) is 0 Å². The number of imidazole rings is 3. The second-order valence-corrected chi connectivity index (χ2v) is 25.0. The number of aromatic nitrogens is 12. The molecule has 0 spiro atoms. The zero-order valence-corrected chi connectivity index (χ0v) is 59.7. The van der Waals surface area contributed by atoms with Crippen molar-refractivity contribution in [1.82, 2.24) is 72.4 Å². The standard InChI is InChI=1S/C71H80N24O12/c1-88-24-21-75-60(88)69(103)86-56-39-95(8)62(85-56)71(105)87-57-40-94(7)61(84-57)70(104)82-45-30-52(90(3)38-45)64(98)76-19-17-48(72)63(97)78-41-31-53(91(4)34-41)66(100)80-43-33-55(93(6)36-43)68(102)81-44-32-54(92(5)37-44)67(101)79-42-29-51(89(2)35-42)65(99)77-20-18-58(96)73-22-25-106-27-28-107-26-23-74-59-46-13-9-11-15-49(46)83-50-16-12-10-14-47(50)59/h9-16,21,24,29-40,48H,17-20,22-23,25-28,72H2,1-8H3,(H,73,96)(H,74,83)(H,76,98)(H,77,99)(H,78,97)(H,79,101)(H,80,100)(H,81,102)(H,82,104)(H,86,103)(H,87,105)/t48-/m1/s1. The molecule has 11 rings (SSSR count). The highest BCUT2D eigenvalue weighted by atomic mass is 16.5. The molecule has 0 aliphatic heterocycles. The van der Waals surface area contributed by atoms with E-state index in [4.69, 9.17) is 20.2 Å². The Morgan fingerprint density at radius 3 is 1.26 bits per heavy atom. The highest BCUT2D eigenvalue weighted by molar-refractivity contribution is 6.11. The number of nitrogens with two attached hydrogens (primary N) is 1. The quantitative estimate of drug-likeness (QED) is 0.0207. The van der Waals surface area contributed by atoms with Crippen LogP contribution in [0.4, 0.5) is 45.8 Å². The number of hydrogen-bond acceptors (Lipinski definition) is 18. The Kier molecular flexibility index (Phi) is 23.3. The Bertz CT molecular complexity index is 5160. The lowest BCUT2D eigenvalue weighted by Gasteiger charge is -2.13. The fourth-order valence-electron chi connectivity index (χ4n) is 11.6. The lowest BCUT2D eigenvalue weighted by atomic mass is 10.1. The maximum atomic E-state index is 13.6. The molecule has 9 heterocycles. The molecule has 2 aromatic carbocycles. The van der Waals surface area contributed by atoms with Crippen molar-refractivity contribution < 1.29 is 57.4 Å². The molecule has 0 saturated carbocycles. The number of nitrogens with zero attached hydrogens (tertiary/aromatic N) is 12. The van der Waals surface area contributed by atoms with Crippen LogP contribution in [0.2, 0.25) is 0 Å². The van der Waals surface area contributed by atoms with Gasteiger partial charge in [0.05, 0.1) is 77.6 Å². The van der Waals surface area contributed by atoms with E-state index in [2.05, 4.69) is 73.4 Å². The lowest BCUT2D eigenvalue weighted by Crippen LogP contribution is -2.39. The fraction of sp³-hybridized carbons (Fsp3) is 0.268. The minimum atomic E-state index is -1.09. The van der Waals surface area contributed by atoms with Crippen molar-refractivity contribution >= 4 is 127 Å². The Hall–Kier alpha value is -13.5. The summed E-state index contributed by atoms with van der Waals surface area (Å²) in [6, 6.07) is 22.2. The second kappa shape index (κ2) is 33.3. The number of amides is 10. The van der Waals surface area contributed by atoms with Crippen LogP contribution in [0.1, 0.15) is 97.1 Å². The van der Waals surface area contributed by atoms with Gasteiger partial charge in [-0.1, -0.05) is 36.4 Å². The zero-order chi connectivity index (χ0) is 76.2. The zero-order valence-electron chi connectivity index (χ0n) is 59.7. The summed E-state index contributed by atoms with van der Waals surface area (Å²) in [7, 11) is 12.9. The Morgan fingerprint density at radius 1 is 0.402 bits per heavy atom. The average Bonchev–Trinajstić information content (AvgIpc) is 1.78. The summed E-state index contributed by atoms with van der Waals surface area (Å²) < 4.78 is 23.3. The third-order valence-corrected chi connectivity index (χ3v) is 16.9. The summed E-state index contributed by atoms with van der Waals surface area (Å²) in [4.78, 5) is 149. The molecule has 0 aliphatic rings. The van der Waals surface area contributed by atoms with Gasteiger partial charge in [-0.05, 0) is 48.9 Å². The number of nitrogens with one attached hydrogen (secondary N) is 11.